The molecule has 0 amide bonds. The lowest BCUT2D eigenvalue weighted by Crippen LogP contribution is -2.28. The summed E-state index contributed by atoms with van der Waals surface area (Å²) in [6.45, 7) is 5.22. The second-order valence-corrected chi connectivity index (χ2v) is 4.22. The Kier molecular flexibility index (Phi) is 4.99. The minimum Gasteiger partial charge on any atom is -0.481 e. The largest absolute Gasteiger partial charge is 0.481 e. The highest BCUT2D eigenvalue weighted by Gasteiger charge is 2.18. The van der Waals surface area contributed by atoms with E-state index >= 15 is 0 Å². The van der Waals surface area contributed by atoms with Gasteiger partial charge in [0.05, 0.1) is 5.92 Å². The van der Waals surface area contributed by atoms with Crippen LogP contribution in [-0.2, 0) is 11.3 Å². The average molecular weight is 221 g/mol. The van der Waals surface area contributed by atoms with Crippen molar-refractivity contribution in [1.82, 2.24) is 5.32 Å². The molecule has 0 aliphatic rings. The summed E-state index contributed by atoms with van der Waals surface area (Å²) in [7, 11) is 0. The van der Waals surface area contributed by atoms with Crippen LogP contribution in [0.25, 0.3) is 0 Å². The Morgan fingerprint density at radius 3 is 2.50 bits per heavy atom. The summed E-state index contributed by atoms with van der Waals surface area (Å²) in [5.74, 6) is -0.890. The van der Waals surface area contributed by atoms with E-state index in [4.69, 9.17) is 5.11 Å². The van der Waals surface area contributed by atoms with Crippen LogP contribution in [0.1, 0.15) is 19.4 Å². The van der Waals surface area contributed by atoms with Gasteiger partial charge < -0.3 is 10.4 Å². The summed E-state index contributed by atoms with van der Waals surface area (Å²) in [4.78, 5) is 10.7. The van der Waals surface area contributed by atoms with Gasteiger partial charge in [-0.05, 0) is 18.0 Å². The lowest BCUT2D eigenvalue weighted by atomic mass is 9.96. The van der Waals surface area contributed by atoms with Gasteiger partial charge in [0.2, 0.25) is 0 Å². The van der Waals surface area contributed by atoms with Gasteiger partial charge in [0.1, 0.15) is 0 Å². The van der Waals surface area contributed by atoms with Crippen molar-refractivity contribution in [3.8, 4) is 0 Å². The average Bonchev–Trinajstić information content (AvgIpc) is 2.29. The number of hydrogen-bond donors (Lipinski definition) is 2. The first-order valence-electron chi connectivity index (χ1n) is 5.58. The van der Waals surface area contributed by atoms with Crippen molar-refractivity contribution in [2.24, 2.45) is 11.8 Å². The number of benzene rings is 1. The fraction of sp³-hybridized carbons (Fsp3) is 0.462. The molecule has 88 valence electrons. The molecule has 0 fully saturated rings. The number of hydrogen-bond acceptors (Lipinski definition) is 2. The molecule has 0 radical (unpaired) electrons. The summed E-state index contributed by atoms with van der Waals surface area (Å²) < 4.78 is 0. The van der Waals surface area contributed by atoms with Crippen LogP contribution in [-0.4, -0.2) is 17.6 Å². The molecule has 1 rings (SSSR count). The molecular formula is C13H19NO2. The van der Waals surface area contributed by atoms with Crippen molar-refractivity contribution in [3.63, 3.8) is 0 Å². The van der Waals surface area contributed by atoms with E-state index in [0.717, 1.165) is 13.1 Å². The number of nitrogens with one attached hydrogen (secondary N) is 1. The van der Waals surface area contributed by atoms with Crippen LogP contribution in [0, 0.1) is 11.8 Å². The first kappa shape index (κ1) is 12.7. The summed E-state index contributed by atoms with van der Waals surface area (Å²) >= 11 is 0. The Balaban J connectivity index is 2.28. The maximum absolute atomic E-state index is 10.7. The van der Waals surface area contributed by atoms with Gasteiger partial charge in [-0.2, -0.15) is 0 Å². The highest BCUT2D eigenvalue weighted by molar-refractivity contribution is 5.69. The number of aliphatic carboxylic acids is 1. The maximum Gasteiger partial charge on any atom is 0.306 e. The van der Waals surface area contributed by atoms with Crippen LogP contribution in [0.4, 0.5) is 0 Å². The molecule has 0 saturated heterocycles. The highest BCUT2D eigenvalue weighted by Crippen LogP contribution is 2.09. The standard InChI is InChI=1S/C13H19NO2/c1-10(11(2)13(15)16)8-14-9-12-6-4-3-5-7-12/h3-7,10-11,14H,8-9H2,1-2H3,(H,15,16). The minimum atomic E-state index is -0.728. The van der Waals surface area contributed by atoms with Crippen molar-refractivity contribution >= 4 is 5.97 Å². The quantitative estimate of drug-likeness (QED) is 0.773. The molecule has 3 heteroatoms. The van der Waals surface area contributed by atoms with Gasteiger partial charge in [-0.1, -0.05) is 44.2 Å². The second-order valence-electron chi connectivity index (χ2n) is 4.22. The van der Waals surface area contributed by atoms with Gasteiger partial charge >= 0.3 is 5.97 Å². The summed E-state index contributed by atoms with van der Waals surface area (Å²) in [6, 6.07) is 10.1. The summed E-state index contributed by atoms with van der Waals surface area (Å²) in [5.41, 5.74) is 1.22. The van der Waals surface area contributed by atoms with Crippen molar-refractivity contribution in [1.29, 1.82) is 0 Å². The molecule has 1 aromatic rings. The Morgan fingerprint density at radius 2 is 1.94 bits per heavy atom. The van der Waals surface area contributed by atoms with Crippen LogP contribution < -0.4 is 5.32 Å². The third-order valence-electron chi connectivity index (χ3n) is 2.88. The van der Waals surface area contributed by atoms with Gasteiger partial charge in [0, 0.05) is 6.54 Å². The van der Waals surface area contributed by atoms with Gasteiger partial charge in [-0.25, -0.2) is 0 Å². The van der Waals surface area contributed by atoms with E-state index in [2.05, 4.69) is 17.4 Å². The molecule has 0 aliphatic heterocycles. The first-order valence-corrected chi connectivity index (χ1v) is 5.58. The van der Waals surface area contributed by atoms with Crippen molar-refractivity contribution in [3.05, 3.63) is 35.9 Å². The van der Waals surface area contributed by atoms with Crippen LogP contribution in [0.2, 0.25) is 0 Å². The van der Waals surface area contributed by atoms with E-state index in [-0.39, 0.29) is 11.8 Å². The zero-order chi connectivity index (χ0) is 12.0. The molecule has 3 nitrogen and oxygen atoms in total. The Hall–Kier alpha value is -1.35. The van der Waals surface area contributed by atoms with E-state index < -0.39 is 5.97 Å². The monoisotopic (exact) mass is 221 g/mol. The molecule has 2 unspecified atom stereocenters. The van der Waals surface area contributed by atoms with Gasteiger partial charge in [-0.15, -0.1) is 0 Å². The van der Waals surface area contributed by atoms with E-state index in [0.29, 0.717) is 0 Å². The van der Waals surface area contributed by atoms with Crippen molar-refractivity contribution in [2.45, 2.75) is 20.4 Å². The molecule has 16 heavy (non-hydrogen) atoms. The zero-order valence-electron chi connectivity index (χ0n) is 9.81. The van der Waals surface area contributed by atoms with Gasteiger partial charge in [0.25, 0.3) is 0 Å². The molecule has 1 aromatic carbocycles. The lowest BCUT2D eigenvalue weighted by Gasteiger charge is -2.16. The van der Waals surface area contributed by atoms with Crippen molar-refractivity contribution in [2.75, 3.05) is 6.54 Å². The summed E-state index contributed by atoms with van der Waals surface area (Å²) in [6.07, 6.45) is 0. The third kappa shape index (κ3) is 4.03. The second kappa shape index (κ2) is 6.28. The minimum absolute atomic E-state index is 0.140. The fourth-order valence-electron chi connectivity index (χ4n) is 1.46. The normalized spacial score (nSPS) is 14.4. The molecule has 0 heterocycles. The summed E-state index contributed by atoms with van der Waals surface area (Å²) in [5, 5.41) is 12.1. The van der Waals surface area contributed by atoms with Gasteiger partial charge in [-0.3, -0.25) is 4.79 Å². The molecule has 0 aromatic heterocycles. The highest BCUT2D eigenvalue weighted by atomic mass is 16.4. The molecule has 0 saturated carbocycles. The van der Waals surface area contributed by atoms with Crippen LogP contribution in [0.5, 0.6) is 0 Å². The van der Waals surface area contributed by atoms with Crippen LogP contribution >= 0.6 is 0 Å². The number of carbonyl (C=O) groups is 1. The predicted molar refractivity (Wildman–Crippen MR) is 64.1 cm³/mol. The maximum atomic E-state index is 10.7. The van der Waals surface area contributed by atoms with Crippen molar-refractivity contribution < 1.29 is 9.90 Å². The zero-order valence-corrected chi connectivity index (χ0v) is 9.81. The van der Waals surface area contributed by atoms with Gasteiger partial charge in [0.15, 0.2) is 0 Å². The van der Waals surface area contributed by atoms with E-state index in [9.17, 15) is 4.79 Å². The topological polar surface area (TPSA) is 49.3 Å². The predicted octanol–water partition coefficient (Wildman–Crippen LogP) is 2.13. The van der Waals surface area contributed by atoms with E-state index in [1.807, 2.05) is 25.1 Å². The Morgan fingerprint density at radius 1 is 1.31 bits per heavy atom. The SMILES string of the molecule is CC(CNCc1ccccc1)C(C)C(=O)O. The lowest BCUT2D eigenvalue weighted by molar-refractivity contribution is -0.142. The van der Waals surface area contributed by atoms with Crippen LogP contribution in [0.3, 0.4) is 0 Å². The Labute approximate surface area is 96.5 Å². The molecular weight excluding hydrogens is 202 g/mol. The Bertz CT molecular complexity index is 324. The number of rotatable bonds is 6. The third-order valence-corrected chi connectivity index (χ3v) is 2.88. The molecule has 2 atom stereocenters. The fourth-order valence-corrected chi connectivity index (χ4v) is 1.46. The smallest absolute Gasteiger partial charge is 0.306 e. The van der Waals surface area contributed by atoms with E-state index in [1.54, 1.807) is 6.92 Å². The van der Waals surface area contributed by atoms with E-state index in [1.165, 1.54) is 5.56 Å². The number of carboxylic acids is 1. The molecule has 0 spiro atoms. The molecule has 2 N–H and O–H groups in total. The molecule has 0 bridgehead atoms. The molecule has 0 aliphatic carbocycles. The van der Waals surface area contributed by atoms with Crippen LogP contribution in [0.15, 0.2) is 30.3 Å². The number of carboxylic acid groups (broad SMARTS) is 1. The first-order chi connectivity index (χ1) is 7.61.